The lowest BCUT2D eigenvalue weighted by Crippen LogP contribution is -2.37. The number of carbonyl (C=O) groups is 1. The molecule has 1 heterocycles. The summed E-state index contributed by atoms with van der Waals surface area (Å²) < 4.78 is 15.8. The number of nitrogens with zero attached hydrogens (tertiary/aromatic N) is 2. The number of hydrogen-bond acceptors (Lipinski definition) is 2. The van der Waals surface area contributed by atoms with Gasteiger partial charge in [-0.1, -0.05) is 18.5 Å². The van der Waals surface area contributed by atoms with E-state index in [1.165, 1.54) is 6.07 Å². The summed E-state index contributed by atoms with van der Waals surface area (Å²) in [4.78, 5) is 17.0. The highest BCUT2D eigenvalue weighted by Gasteiger charge is 2.59. The second-order valence-corrected chi connectivity index (χ2v) is 8.75. The van der Waals surface area contributed by atoms with Crippen molar-refractivity contribution in [2.24, 2.45) is 17.8 Å². The van der Waals surface area contributed by atoms with Crippen molar-refractivity contribution >= 4 is 28.5 Å². The van der Waals surface area contributed by atoms with Gasteiger partial charge in [-0.2, -0.15) is 0 Å². The van der Waals surface area contributed by atoms with Crippen LogP contribution in [0, 0.1) is 23.6 Å². The molecule has 2 aliphatic carbocycles. The predicted octanol–water partition coefficient (Wildman–Crippen LogP) is 5.23. The third-order valence-electron chi connectivity index (χ3n) is 6.74. The number of aromatic nitrogens is 2. The van der Waals surface area contributed by atoms with Crippen LogP contribution in [0.3, 0.4) is 0 Å². The molecule has 6 heteroatoms. The first-order chi connectivity index (χ1) is 14.0. The smallest absolute Gasteiger partial charge is 0.251 e. The molecule has 0 unspecified atom stereocenters. The summed E-state index contributed by atoms with van der Waals surface area (Å²) in [6.07, 6.45) is 4.88. The SMILES string of the molecule is CC[C@H](NC(=O)c1ccc(Cl)cc1)[C@H]1[C@@H]2C[C@@H](n3cnc4ccc(F)cc43)C[C@@H]21. The van der Waals surface area contributed by atoms with Crippen LogP contribution in [0.1, 0.15) is 42.6 Å². The molecule has 0 spiro atoms. The highest BCUT2D eigenvalue weighted by Crippen LogP contribution is 2.62. The number of carbonyl (C=O) groups excluding carboxylic acids is 1. The molecular weight excluding hydrogens is 389 g/mol. The van der Waals surface area contributed by atoms with Crippen LogP contribution in [-0.2, 0) is 0 Å². The number of benzene rings is 2. The molecule has 5 rings (SSSR count). The van der Waals surface area contributed by atoms with Crippen molar-refractivity contribution in [2.45, 2.75) is 38.3 Å². The molecule has 0 aliphatic heterocycles. The van der Waals surface area contributed by atoms with Gasteiger partial charge in [-0.05, 0) is 79.5 Å². The van der Waals surface area contributed by atoms with Crippen LogP contribution in [0.2, 0.25) is 5.02 Å². The number of halogens is 2. The van der Waals surface area contributed by atoms with Crippen molar-refractivity contribution in [3.8, 4) is 0 Å². The van der Waals surface area contributed by atoms with Crippen LogP contribution >= 0.6 is 11.6 Å². The zero-order valence-electron chi connectivity index (χ0n) is 16.2. The quantitative estimate of drug-likeness (QED) is 0.624. The highest BCUT2D eigenvalue weighted by molar-refractivity contribution is 6.30. The summed E-state index contributed by atoms with van der Waals surface area (Å²) in [6, 6.07) is 12.3. The Bertz CT molecular complexity index is 1050. The summed E-state index contributed by atoms with van der Waals surface area (Å²) in [5, 5.41) is 3.86. The Kier molecular flexibility index (Phi) is 4.58. The van der Waals surface area contributed by atoms with Crippen molar-refractivity contribution in [3.63, 3.8) is 0 Å². The van der Waals surface area contributed by atoms with E-state index in [2.05, 4.69) is 21.8 Å². The fourth-order valence-electron chi connectivity index (χ4n) is 5.30. The first-order valence-corrected chi connectivity index (χ1v) is 10.6. The van der Waals surface area contributed by atoms with E-state index in [1.54, 1.807) is 36.4 Å². The molecule has 0 radical (unpaired) electrons. The molecule has 2 aliphatic rings. The third kappa shape index (κ3) is 3.31. The van der Waals surface area contributed by atoms with E-state index in [0.717, 1.165) is 30.3 Å². The Balaban J connectivity index is 1.25. The predicted molar refractivity (Wildman–Crippen MR) is 111 cm³/mol. The van der Waals surface area contributed by atoms with Gasteiger partial charge >= 0.3 is 0 Å². The zero-order chi connectivity index (χ0) is 20.1. The summed E-state index contributed by atoms with van der Waals surface area (Å²) in [5.74, 6) is 1.49. The van der Waals surface area contributed by atoms with Crippen LogP contribution in [0.25, 0.3) is 11.0 Å². The fourth-order valence-corrected chi connectivity index (χ4v) is 5.43. The van der Waals surface area contributed by atoms with Crippen LogP contribution in [0.4, 0.5) is 4.39 Å². The molecule has 5 atom stereocenters. The Morgan fingerprint density at radius 1 is 1.24 bits per heavy atom. The first kappa shape index (κ1) is 18.6. The van der Waals surface area contributed by atoms with Gasteiger partial charge in [0.25, 0.3) is 5.91 Å². The van der Waals surface area contributed by atoms with E-state index < -0.39 is 0 Å². The van der Waals surface area contributed by atoms with Crippen molar-refractivity contribution in [2.75, 3.05) is 0 Å². The number of nitrogens with one attached hydrogen (secondary N) is 1. The second-order valence-electron chi connectivity index (χ2n) is 8.31. The van der Waals surface area contributed by atoms with Gasteiger partial charge in [0.05, 0.1) is 17.4 Å². The van der Waals surface area contributed by atoms with E-state index in [1.807, 2.05) is 6.33 Å². The van der Waals surface area contributed by atoms with Gasteiger partial charge in [0.2, 0.25) is 0 Å². The number of amides is 1. The number of hydrogen-bond donors (Lipinski definition) is 1. The lowest BCUT2D eigenvalue weighted by Gasteiger charge is -2.22. The Labute approximate surface area is 174 Å². The van der Waals surface area contributed by atoms with Gasteiger partial charge in [0.1, 0.15) is 5.82 Å². The second kappa shape index (κ2) is 7.13. The summed E-state index contributed by atoms with van der Waals surface area (Å²) in [6.45, 7) is 2.13. The van der Waals surface area contributed by atoms with E-state index in [-0.39, 0.29) is 17.8 Å². The molecule has 1 aromatic heterocycles. The Morgan fingerprint density at radius 2 is 1.97 bits per heavy atom. The minimum atomic E-state index is -0.226. The summed E-state index contributed by atoms with van der Waals surface area (Å²) in [7, 11) is 0. The van der Waals surface area contributed by atoms with E-state index in [9.17, 15) is 9.18 Å². The standard InChI is InChI=1S/C23H23ClFN3O/c1-2-19(27-23(29)13-3-5-14(24)6-4-13)22-17-10-16(11-18(17)22)28-12-26-20-8-7-15(25)9-21(20)28/h3-9,12,16-19,22H,2,10-11H2,1H3,(H,27,29)/t16-,17-,18+,19-,22+/m0/s1. The van der Waals surface area contributed by atoms with E-state index in [0.29, 0.717) is 34.4 Å². The van der Waals surface area contributed by atoms with E-state index in [4.69, 9.17) is 11.6 Å². The number of fused-ring (bicyclic) bond motifs is 2. The molecule has 0 saturated heterocycles. The molecule has 2 fully saturated rings. The monoisotopic (exact) mass is 411 g/mol. The zero-order valence-corrected chi connectivity index (χ0v) is 16.9. The maximum Gasteiger partial charge on any atom is 0.251 e. The fraction of sp³-hybridized carbons (Fsp3) is 0.391. The topological polar surface area (TPSA) is 46.9 Å². The van der Waals surface area contributed by atoms with Gasteiger partial charge in [0.15, 0.2) is 0 Å². The van der Waals surface area contributed by atoms with Crippen LogP contribution in [0.5, 0.6) is 0 Å². The first-order valence-electron chi connectivity index (χ1n) is 10.2. The van der Waals surface area contributed by atoms with Gasteiger partial charge in [0, 0.05) is 22.7 Å². The average Bonchev–Trinajstić information content (AvgIpc) is 3.06. The van der Waals surface area contributed by atoms with Gasteiger partial charge in [-0.3, -0.25) is 4.79 Å². The minimum Gasteiger partial charge on any atom is -0.349 e. The normalized spacial score (nSPS) is 26.3. The van der Waals surface area contributed by atoms with Crippen molar-refractivity contribution < 1.29 is 9.18 Å². The molecule has 29 heavy (non-hydrogen) atoms. The Hall–Kier alpha value is -2.40. The van der Waals surface area contributed by atoms with Gasteiger partial charge in [-0.15, -0.1) is 0 Å². The van der Waals surface area contributed by atoms with Gasteiger partial charge < -0.3 is 9.88 Å². The van der Waals surface area contributed by atoms with Crippen molar-refractivity contribution in [1.29, 1.82) is 0 Å². The summed E-state index contributed by atoms with van der Waals surface area (Å²) >= 11 is 5.92. The van der Waals surface area contributed by atoms with E-state index >= 15 is 0 Å². The maximum atomic E-state index is 13.7. The molecule has 1 N–H and O–H groups in total. The molecular formula is C23H23ClFN3O. The molecule has 3 aromatic rings. The Morgan fingerprint density at radius 3 is 2.66 bits per heavy atom. The summed E-state index contributed by atoms with van der Waals surface area (Å²) in [5.41, 5.74) is 2.35. The molecule has 2 aromatic carbocycles. The van der Waals surface area contributed by atoms with Crippen LogP contribution in [0.15, 0.2) is 48.8 Å². The lowest BCUT2D eigenvalue weighted by atomic mass is 9.98. The maximum absolute atomic E-state index is 13.7. The number of imidazole rings is 1. The average molecular weight is 412 g/mol. The molecule has 0 bridgehead atoms. The lowest BCUT2D eigenvalue weighted by molar-refractivity contribution is 0.0927. The largest absolute Gasteiger partial charge is 0.349 e. The van der Waals surface area contributed by atoms with Gasteiger partial charge in [-0.25, -0.2) is 9.37 Å². The minimum absolute atomic E-state index is 0.0360. The highest BCUT2D eigenvalue weighted by atomic mass is 35.5. The van der Waals surface area contributed by atoms with Crippen LogP contribution < -0.4 is 5.32 Å². The molecule has 4 nitrogen and oxygen atoms in total. The van der Waals surface area contributed by atoms with Crippen molar-refractivity contribution in [1.82, 2.24) is 14.9 Å². The molecule has 2 saturated carbocycles. The number of rotatable bonds is 5. The third-order valence-corrected chi connectivity index (χ3v) is 7.00. The molecule has 1 amide bonds. The van der Waals surface area contributed by atoms with Crippen molar-refractivity contribution in [3.05, 3.63) is 65.2 Å². The molecule has 150 valence electrons. The van der Waals surface area contributed by atoms with Crippen LogP contribution in [-0.4, -0.2) is 21.5 Å².